The van der Waals surface area contributed by atoms with Crippen molar-refractivity contribution in [2.75, 3.05) is 20.8 Å². The van der Waals surface area contributed by atoms with Gasteiger partial charge in [0.1, 0.15) is 59.6 Å². The van der Waals surface area contributed by atoms with Crippen molar-refractivity contribution in [3.05, 3.63) is 71.0 Å². The number of aliphatic hydroxyl groups excluding tert-OH is 5. The summed E-state index contributed by atoms with van der Waals surface area (Å²) in [5.41, 5.74) is 0.687. The van der Waals surface area contributed by atoms with E-state index in [4.69, 9.17) is 37.9 Å². The van der Waals surface area contributed by atoms with Gasteiger partial charge >= 0.3 is 5.97 Å². The Morgan fingerprint density at radius 2 is 1.46 bits per heavy atom. The van der Waals surface area contributed by atoms with Crippen molar-refractivity contribution < 1.29 is 93.8 Å². The van der Waals surface area contributed by atoms with Crippen LogP contribution in [0.3, 0.4) is 0 Å². The zero-order valence-corrected chi connectivity index (χ0v) is 30.5. The third-order valence-corrected chi connectivity index (χ3v) is 9.49. The van der Waals surface area contributed by atoms with Gasteiger partial charge in [0.05, 0.1) is 32.5 Å². The molecule has 0 radical (unpaired) electrons. The van der Waals surface area contributed by atoms with Crippen LogP contribution in [0.1, 0.15) is 29.7 Å². The van der Waals surface area contributed by atoms with Crippen molar-refractivity contribution in [1.29, 1.82) is 0 Å². The van der Waals surface area contributed by atoms with Gasteiger partial charge in [0.15, 0.2) is 41.5 Å². The number of phenols is 5. The lowest BCUT2D eigenvalue weighted by Gasteiger charge is -2.43. The first-order chi connectivity index (χ1) is 27.1. The molecule has 2 saturated heterocycles. The molecule has 19 heteroatoms. The molecule has 3 heterocycles. The summed E-state index contributed by atoms with van der Waals surface area (Å²) >= 11 is 0. The van der Waals surface area contributed by atoms with E-state index in [1.165, 1.54) is 69.7 Å². The molecular weight excluding hydrogens is 760 g/mol. The van der Waals surface area contributed by atoms with Crippen LogP contribution in [0.15, 0.2) is 54.3 Å². The number of hydrogen-bond acceptors (Lipinski definition) is 19. The minimum absolute atomic E-state index is 0.0121. The van der Waals surface area contributed by atoms with Gasteiger partial charge in [-0.15, -0.1) is 0 Å². The van der Waals surface area contributed by atoms with Crippen LogP contribution in [0.5, 0.6) is 46.0 Å². The number of esters is 1. The normalized spacial score (nSPS) is 29.8. The SMILES string of the molecule is COc1cc(C2Oc3cc(O)cc(O)c3C=C2O[C@@H]2O[C@H](CO[C@@H]3O[C@@H](C)[C@H](OC(=O)/C=C\c4ccc(O)c(O)c4)[C@@H](O)[C@@H]3O)[C@H](O)[C@@H](O)[C@H]2O)cc(OC)c1O. The molecule has 1 unspecified atom stereocenters. The molecule has 3 aliphatic rings. The monoisotopic (exact) mass is 802 g/mol. The minimum Gasteiger partial charge on any atom is -0.508 e. The number of carbonyl (C=O) groups is 1. The first-order valence-corrected chi connectivity index (χ1v) is 17.4. The molecular formula is C38H42O19. The van der Waals surface area contributed by atoms with Gasteiger partial charge in [-0.05, 0) is 48.9 Å². The molecule has 3 aromatic rings. The summed E-state index contributed by atoms with van der Waals surface area (Å²) in [5, 5.41) is 105. The van der Waals surface area contributed by atoms with Crippen molar-refractivity contribution >= 4 is 18.1 Å². The van der Waals surface area contributed by atoms with Crippen LogP contribution in [0.25, 0.3) is 12.2 Å². The summed E-state index contributed by atoms with van der Waals surface area (Å²) in [4.78, 5) is 12.5. The van der Waals surface area contributed by atoms with Crippen LogP contribution < -0.4 is 14.2 Å². The Hall–Kier alpha value is -5.51. The van der Waals surface area contributed by atoms with Gasteiger partial charge in [-0.1, -0.05) is 6.07 Å². The van der Waals surface area contributed by atoms with E-state index < -0.39 is 91.6 Å². The van der Waals surface area contributed by atoms with E-state index >= 15 is 0 Å². The zero-order chi connectivity index (χ0) is 41.3. The number of fused-ring (bicyclic) bond motifs is 1. The molecule has 3 aliphatic heterocycles. The smallest absolute Gasteiger partial charge is 0.331 e. The zero-order valence-electron chi connectivity index (χ0n) is 30.5. The fraction of sp³-hybridized carbons (Fsp3) is 0.395. The fourth-order valence-corrected chi connectivity index (χ4v) is 6.40. The molecule has 308 valence electrons. The highest BCUT2D eigenvalue weighted by molar-refractivity contribution is 5.87. The Kier molecular flexibility index (Phi) is 12.2. The highest BCUT2D eigenvalue weighted by Gasteiger charge is 2.49. The average molecular weight is 803 g/mol. The minimum atomic E-state index is -1.88. The number of benzene rings is 3. The van der Waals surface area contributed by atoms with Gasteiger partial charge in [0.25, 0.3) is 0 Å². The average Bonchev–Trinajstić information content (AvgIpc) is 3.18. The predicted molar refractivity (Wildman–Crippen MR) is 191 cm³/mol. The van der Waals surface area contributed by atoms with Crippen molar-refractivity contribution in [2.24, 2.45) is 0 Å². The fourth-order valence-electron chi connectivity index (χ4n) is 6.40. The highest BCUT2D eigenvalue weighted by Crippen LogP contribution is 2.47. The van der Waals surface area contributed by atoms with Crippen molar-refractivity contribution in [1.82, 2.24) is 0 Å². The molecule has 11 atom stereocenters. The van der Waals surface area contributed by atoms with Crippen LogP contribution in [-0.2, 0) is 28.5 Å². The maximum Gasteiger partial charge on any atom is 0.331 e. The summed E-state index contributed by atoms with van der Waals surface area (Å²) in [6.45, 7) is 0.834. The van der Waals surface area contributed by atoms with Gasteiger partial charge in [0.2, 0.25) is 12.0 Å². The number of rotatable bonds is 11. The first kappa shape index (κ1) is 41.1. The van der Waals surface area contributed by atoms with Crippen molar-refractivity contribution in [3.8, 4) is 46.0 Å². The van der Waals surface area contributed by atoms with Crippen LogP contribution in [0, 0.1) is 0 Å². The van der Waals surface area contributed by atoms with Gasteiger partial charge in [-0.3, -0.25) is 0 Å². The second-order valence-electron chi connectivity index (χ2n) is 13.3. The Morgan fingerprint density at radius 3 is 2.12 bits per heavy atom. The maximum absolute atomic E-state index is 12.5. The van der Waals surface area contributed by atoms with E-state index in [1.54, 1.807) is 0 Å². The van der Waals surface area contributed by atoms with E-state index in [9.17, 15) is 55.9 Å². The number of hydrogen-bond donors (Lipinski definition) is 10. The largest absolute Gasteiger partial charge is 0.508 e. The molecule has 0 spiro atoms. The molecule has 0 aromatic heterocycles. The van der Waals surface area contributed by atoms with E-state index in [1.807, 2.05) is 0 Å². The Bertz CT molecular complexity index is 1970. The topological polar surface area (TPSA) is 293 Å². The number of ether oxygens (including phenoxy) is 8. The van der Waals surface area contributed by atoms with Crippen LogP contribution >= 0.6 is 0 Å². The summed E-state index contributed by atoms with van der Waals surface area (Å²) in [6, 6.07) is 8.94. The molecule has 2 fully saturated rings. The quantitative estimate of drug-likeness (QED) is 0.0723. The number of aliphatic hydroxyl groups is 5. The molecule has 0 aliphatic carbocycles. The number of carbonyl (C=O) groups excluding carboxylic acids is 1. The summed E-state index contributed by atoms with van der Waals surface area (Å²) in [6.07, 6.45) is -13.8. The first-order valence-electron chi connectivity index (χ1n) is 17.4. The number of methoxy groups -OCH3 is 2. The van der Waals surface area contributed by atoms with Gasteiger partial charge < -0.3 is 89.0 Å². The molecule has 3 aromatic carbocycles. The second-order valence-corrected chi connectivity index (χ2v) is 13.3. The standard InChI is InChI=1S/C38H42O19/c1-15-35(57-28(43)7-5-16-4-6-20(40)22(42)8-16)32(47)34(49)37(53-15)52-14-27-30(45)31(46)33(48)38(56-27)55-26-13-19-21(41)11-18(39)12-23(19)54-36(26)17-9-24(50-2)29(44)25(10-17)51-3/h4-13,15,27,30-42,44-49H,14H2,1-3H3/b7-5-/t15-,27+,30-,31+,32-,33+,34-,35-,36?,37+,38+/m0/s1. The molecule has 0 bridgehead atoms. The van der Waals surface area contributed by atoms with Gasteiger partial charge in [-0.25, -0.2) is 4.79 Å². The van der Waals surface area contributed by atoms with E-state index in [0.717, 1.165) is 12.1 Å². The van der Waals surface area contributed by atoms with Crippen molar-refractivity contribution in [3.63, 3.8) is 0 Å². The molecule has 6 rings (SSSR count). The third-order valence-electron chi connectivity index (χ3n) is 9.49. The molecule has 19 nitrogen and oxygen atoms in total. The van der Waals surface area contributed by atoms with Crippen LogP contribution in [0.4, 0.5) is 0 Å². The lowest BCUT2D eigenvalue weighted by atomic mass is 9.98. The molecule has 57 heavy (non-hydrogen) atoms. The Labute approximate surface area is 323 Å². The highest BCUT2D eigenvalue weighted by atomic mass is 16.7. The van der Waals surface area contributed by atoms with Gasteiger partial charge in [-0.2, -0.15) is 0 Å². The van der Waals surface area contributed by atoms with E-state index in [0.29, 0.717) is 5.56 Å². The van der Waals surface area contributed by atoms with E-state index in [2.05, 4.69) is 0 Å². The summed E-state index contributed by atoms with van der Waals surface area (Å²) in [5.74, 6) is -2.84. The third kappa shape index (κ3) is 8.60. The maximum atomic E-state index is 12.5. The lowest BCUT2D eigenvalue weighted by molar-refractivity contribution is -0.325. The summed E-state index contributed by atoms with van der Waals surface area (Å²) in [7, 11) is 2.61. The van der Waals surface area contributed by atoms with Crippen LogP contribution in [-0.4, -0.2) is 139 Å². The summed E-state index contributed by atoms with van der Waals surface area (Å²) < 4.78 is 45.2. The van der Waals surface area contributed by atoms with Crippen LogP contribution in [0.2, 0.25) is 0 Å². The number of phenolic OH excluding ortho intramolecular Hbond substituents is 5. The van der Waals surface area contributed by atoms with Gasteiger partial charge in [0, 0.05) is 23.8 Å². The Balaban J connectivity index is 1.16. The van der Waals surface area contributed by atoms with E-state index in [-0.39, 0.29) is 51.4 Å². The molecule has 0 amide bonds. The number of aromatic hydroxyl groups is 5. The lowest BCUT2D eigenvalue weighted by Crippen LogP contribution is -2.61. The molecule has 0 saturated carbocycles. The predicted octanol–water partition coefficient (Wildman–Crippen LogP) is 0.639. The Morgan fingerprint density at radius 1 is 0.772 bits per heavy atom. The van der Waals surface area contributed by atoms with Crippen molar-refractivity contribution in [2.45, 2.75) is 74.4 Å². The second kappa shape index (κ2) is 16.9. The molecule has 10 N–H and O–H groups in total.